The summed E-state index contributed by atoms with van der Waals surface area (Å²) < 4.78 is 25.0. The van der Waals surface area contributed by atoms with Gasteiger partial charge in [0.05, 0.1) is 4.90 Å². The highest BCUT2D eigenvalue weighted by molar-refractivity contribution is 7.90. The standard InChI is InChI=1S/C12H16N4O2S/c1-16-7-6-14-12(16)11(15-13)9-4-3-5-10(8-9)19(2,17)18/h3-8,11,15H,13H2,1-2H3. The maximum atomic E-state index is 11.6. The molecule has 0 aliphatic carbocycles. The predicted octanol–water partition coefficient (Wildman–Crippen LogP) is 0.376. The van der Waals surface area contributed by atoms with Crippen LogP contribution in [0.15, 0.2) is 41.6 Å². The molecular weight excluding hydrogens is 264 g/mol. The van der Waals surface area contributed by atoms with Crippen LogP contribution >= 0.6 is 0 Å². The third-order valence-electron chi connectivity index (χ3n) is 2.90. The first kappa shape index (κ1) is 13.7. The lowest BCUT2D eigenvalue weighted by atomic mass is 10.1. The van der Waals surface area contributed by atoms with Crippen LogP contribution in [0.1, 0.15) is 17.4 Å². The van der Waals surface area contributed by atoms with Crippen LogP contribution < -0.4 is 11.3 Å². The first-order chi connectivity index (χ1) is 8.93. The van der Waals surface area contributed by atoms with Gasteiger partial charge in [-0.2, -0.15) is 0 Å². The molecule has 0 aliphatic heterocycles. The third-order valence-corrected chi connectivity index (χ3v) is 4.01. The molecule has 0 bridgehead atoms. The SMILES string of the molecule is Cn1ccnc1C(NN)c1cccc(S(C)(=O)=O)c1. The number of sulfone groups is 1. The number of benzene rings is 1. The van der Waals surface area contributed by atoms with E-state index in [2.05, 4.69) is 10.4 Å². The van der Waals surface area contributed by atoms with E-state index in [-0.39, 0.29) is 10.9 Å². The van der Waals surface area contributed by atoms with Crippen molar-refractivity contribution in [2.45, 2.75) is 10.9 Å². The predicted molar refractivity (Wildman–Crippen MR) is 71.9 cm³/mol. The van der Waals surface area contributed by atoms with Gasteiger partial charge in [0.25, 0.3) is 0 Å². The quantitative estimate of drug-likeness (QED) is 0.624. The smallest absolute Gasteiger partial charge is 0.175 e. The second-order valence-corrected chi connectivity index (χ2v) is 6.36. The van der Waals surface area contributed by atoms with Crippen molar-refractivity contribution < 1.29 is 8.42 Å². The lowest BCUT2D eigenvalue weighted by Gasteiger charge is -2.16. The fraction of sp³-hybridized carbons (Fsp3) is 0.250. The summed E-state index contributed by atoms with van der Waals surface area (Å²) in [6.07, 6.45) is 4.65. The number of nitrogens with one attached hydrogen (secondary N) is 1. The third kappa shape index (κ3) is 2.83. The molecule has 1 heterocycles. The van der Waals surface area contributed by atoms with Crippen molar-refractivity contribution in [2.75, 3.05) is 6.26 Å². The largest absolute Gasteiger partial charge is 0.336 e. The van der Waals surface area contributed by atoms with E-state index in [0.717, 1.165) is 5.56 Å². The van der Waals surface area contributed by atoms with Crippen LogP contribution in [-0.2, 0) is 16.9 Å². The molecule has 0 aliphatic rings. The van der Waals surface area contributed by atoms with Crippen molar-refractivity contribution in [1.29, 1.82) is 0 Å². The maximum absolute atomic E-state index is 11.6. The van der Waals surface area contributed by atoms with Gasteiger partial charge in [0, 0.05) is 25.7 Å². The van der Waals surface area contributed by atoms with E-state index in [1.54, 1.807) is 30.6 Å². The van der Waals surface area contributed by atoms with Gasteiger partial charge in [0.1, 0.15) is 11.9 Å². The first-order valence-corrected chi connectivity index (χ1v) is 7.56. The number of rotatable bonds is 4. The molecule has 7 heteroatoms. The first-order valence-electron chi connectivity index (χ1n) is 5.67. The topological polar surface area (TPSA) is 90.0 Å². The van der Waals surface area contributed by atoms with Crippen molar-refractivity contribution >= 4 is 9.84 Å². The lowest BCUT2D eigenvalue weighted by molar-refractivity contribution is 0.577. The minimum absolute atomic E-state index is 0.263. The van der Waals surface area contributed by atoms with Crippen molar-refractivity contribution in [3.8, 4) is 0 Å². The summed E-state index contributed by atoms with van der Waals surface area (Å²) in [7, 11) is -1.39. The van der Waals surface area contributed by atoms with E-state index in [9.17, 15) is 8.42 Å². The van der Waals surface area contributed by atoms with E-state index < -0.39 is 9.84 Å². The van der Waals surface area contributed by atoms with Crippen LogP contribution in [0.5, 0.6) is 0 Å². The van der Waals surface area contributed by atoms with Crippen LogP contribution in [0.2, 0.25) is 0 Å². The Labute approximate surface area is 112 Å². The number of nitrogens with two attached hydrogens (primary N) is 1. The van der Waals surface area contributed by atoms with Gasteiger partial charge >= 0.3 is 0 Å². The molecule has 1 aromatic heterocycles. The van der Waals surface area contributed by atoms with Crippen LogP contribution in [0, 0.1) is 0 Å². The highest BCUT2D eigenvalue weighted by atomic mass is 32.2. The zero-order valence-corrected chi connectivity index (χ0v) is 11.6. The van der Waals surface area contributed by atoms with E-state index >= 15 is 0 Å². The molecule has 0 saturated carbocycles. The molecule has 19 heavy (non-hydrogen) atoms. The lowest BCUT2D eigenvalue weighted by Crippen LogP contribution is -2.30. The van der Waals surface area contributed by atoms with Gasteiger partial charge in [0.15, 0.2) is 9.84 Å². The van der Waals surface area contributed by atoms with Gasteiger partial charge in [0.2, 0.25) is 0 Å². The Hall–Kier alpha value is -1.70. The number of hydrogen-bond acceptors (Lipinski definition) is 5. The number of aryl methyl sites for hydroxylation is 1. The Balaban J connectivity index is 2.48. The molecule has 0 spiro atoms. The Bertz CT molecular complexity index is 679. The van der Waals surface area contributed by atoms with Crippen molar-refractivity contribution in [2.24, 2.45) is 12.9 Å². The molecule has 0 amide bonds. The van der Waals surface area contributed by atoms with E-state index in [4.69, 9.17) is 5.84 Å². The fourth-order valence-corrected chi connectivity index (χ4v) is 2.58. The van der Waals surface area contributed by atoms with Gasteiger partial charge in [-0.25, -0.2) is 18.8 Å². The molecule has 2 rings (SSSR count). The van der Waals surface area contributed by atoms with Gasteiger partial charge in [-0.3, -0.25) is 5.84 Å². The number of nitrogens with zero attached hydrogens (tertiary/aromatic N) is 2. The summed E-state index contributed by atoms with van der Waals surface area (Å²) >= 11 is 0. The maximum Gasteiger partial charge on any atom is 0.175 e. The molecule has 1 atom stereocenters. The number of aromatic nitrogens is 2. The van der Waals surface area contributed by atoms with Gasteiger partial charge in [-0.15, -0.1) is 0 Å². The summed E-state index contributed by atoms with van der Waals surface area (Å²) in [5.41, 5.74) is 3.41. The zero-order valence-electron chi connectivity index (χ0n) is 10.7. The molecule has 1 aromatic carbocycles. The van der Waals surface area contributed by atoms with Crippen LogP contribution in [0.3, 0.4) is 0 Å². The molecule has 3 N–H and O–H groups in total. The fourth-order valence-electron chi connectivity index (χ4n) is 1.90. The second kappa shape index (κ2) is 5.12. The Morgan fingerprint density at radius 2 is 2.16 bits per heavy atom. The number of imidazole rings is 1. The van der Waals surface area contributed by atoms with Crippen molar-refractivity contribution in [3.63, 3.8) is 0 Å². The molecule has 0 saturated heterocycles. The molecule has 0 radical (unpaired) electrons. The Morgan fingerprint density at radius 1 is 1.42 bits per heavy atom. The van der Waals surface area contributed by atoms with Gasteiger partial charge < -0.3 is 4.57 Å². The monoisotopic (exact) mass is 280 g/mol. The summed E-state index contributed by atoms with van der Waals surface area (Å²) in [4.78, 5) is 4.49. The van der Waals surface area contributed by atoms with Crippen LogP contribution in [0.25, 0.3) is 0 Å². The molecule has 6 nitrogen and oxygen atoms in total. The number of hydrogen-bond donors (Lipinski definition) is 2. The molecule has 1 unspecified atom stereocenters. The molecule has 2 aromatic rings. The normalized spacial score (nSPS) is 13.4. The van der Waals surface area contributed by atoms with E-state index in [1.165, 1.54) is 6.26 Å². The number of hydrazine groups is 1. The van der Waals surface area contributed by atoms with E-state index in [1.807, 2.05) is 17.7 Å². The van der Waals surface area contributed by atoms with Crippen LogP contribution in [-0.4, -0.2) is 24.2 Å². The molecular formula is C12H16N4O2S. The average Bonchev–Trinajstić information content (AvgIpc) is 2.76. The average molecular weight is 280 g/mol. The minimum Gasteiger partial charge on any atom is -0.336 e. The van der Waals surface area contributed by atoms with Crippen molar-refractivity contribution in [3.05, 3.63) is 48.0 Å². The summed E-state index contributed by atoms with van der Waals surface area (Å²) in [6.45, 7) is 0. The highest BCUT2D eigenvalue weighted by Crippen LogP contribution is 2.22. The highest BCUT2D eigenvalue weighted by Gasteiger charge is 2.18. The molecule has 0 fully saturated rings. The minimum atomic E-state index is -3.24. The Morgan fingerprint density at radius 3 is 2.68 bits per heavy atom. The Kier molecular flexibility index (Phi) is 3.70. The molecule has 102 valence electrons. The second-order valence-electron chi connectivity index (χ2n) is 4.34. The zero-order chi connectivity index (χ0) is 14.0. The summed E-state index contributed by atoms with van der Waals surface area (Å²) in [5, 5.41) is 0. The summed E-state index contributed by atoms with van der Waals surface area (Å²) in [5.74, 6) is 6.29. The van der Waals surface area contributed by atoms with E-state index in [0.29, 0.717) is 5.82 Å². The van der Waals surface area contributed by atoms with Gasteiger partial charge in [-0.1, -0.05) is 12.1 Å². The van der Waals surface area contributed by atoms with Gasteiger partial charge in [-0.05, 0) is 17.7 Å². The summed E-state index contributed by atoms with van der Waals surface area (Å²) in [6, 6.07) is 6.31. The van der Waals surface area contributed by atoms with Crippen LogP contribution in [0.4, 0.5) is 0 Å². The van der Waals surface area contributed by atoms with Crippen molar-refractivity contribution in [1.82, 2.24) is 15.0 Å².